The first kappa shape index (κ1) is 9.23. The fraction of sp³-hybridized carbons (Fsp3) is 0.778. The maximum Gasteiger partial charge on any atom is 0.229 e. The van der Waals surface area contributed by atoms with E-state index >= 15 is 0 Å². The smallest absolute Gasteiger partial charge is 0.229 e. The Kier molecular flexibility index (Phi) is 2.22. The minimum Gasteiger partial charge on any atom is -0.286 e. The molecule has 1 rings (SSSR count). The standard InChI is InChI=1S/C9H15NO2/c1-9(2)5-4-7(11)10(3)8(12)6-9/h4-6H2,1-3H3. The Morgan fingerprint density at radius 1 is 1.25 bits per heavy atom. The lowest BCUT2D eigenvalue weighted by atomic mass is 9.85. The second-order valence-corrected chi connectivity index (χ2v) is 4.19. The molecule has 1 heterocycles. The number of rotatable bonds is 0. The molecule has 0 atom stereocenters. The van der Waals surface area contributed by atoms with Crippen LogP contribution in [0.2, 0.25) is 0 Å². The highest BCUT2D eigenvalue weighted by atomic mass is 16.2. The average Bonchev–Trinajstić information content (AvgIpc) is 2.03. The molecule has 0 bridgehead atoms. The molecule has 0 aromatic rings. The summed E-state index contributed by atoms with van der Waals surface area (Å²) >= 11 is 0. The van der Waals surface area contributed by atoms with Crippen molar-refractivity contribution in [1.29, 1.82) is 0 Å². The van der Waals surface area contributed by atoms with E-state index in [1.54, 1.807) is 7.05 Å². The predicted molar refractivity (Wildman–Crippen MR) is 45.4 cm³/mol. The Bertz CT molecular complexity index is 221. The van der Waals surface area contributed by atoms with Crippen LogP contribution < -0.4 is 0 Å². The minimum atomic E-state index is -0.0532. The molecule has 12 heavy (non-hydrogen) atoms. The van der Waals surface area contributed by atoms with Crippen molar-refractivity contribution in [3.05, 3.63) is 0 Å². The molecule has 0 spiro atoms. The first-order valence-electron chi connectivity index (χ1n) is 4.22. The maximum absolute atomic E-state index is 11.3. The molecule has 1 aliphatic heterocycles. The first-order chi connectivity index (χ1) is 5.42. The Labute approximate surface area is 72.7 Å². The van der Waals surface area contributed by atoms with E-state index in [-0.39, 0.29) is 17.2 Å². The van der Waals surface area contributed by atoms with E-state index in [1.165, 1.54) is 4.90 Å². The molecular formula is C9H15NO2. The predicted octanol–water partition coefficient (Wildman–Crippen LogP) is 1.18. The van der Waals surface area contributed by atoms with Crippen molar-refractivity contribution in [2.45, 2.75) is 33.1 Å². The molecule has 0 saturated carbocycles. The molecule has 0 aromatic carbocycles. The van der Waals surface area contributed by atoms with Gasteiger partial charge in [0, 0.05) is 19.9 Å². The zero-order chi connectivity index (χ0) is 9.35. The summed E-state index contributed by atoms with van der Waals surface area (Å²) in [5.74, 6) is -0.104. The number of nitrogens with zero attached hydrogens (tertiary/aromatic N) is 1. The van der Waals surface area contributed by atoms with Gasteiger partial charge in [-0.15, -0.1) is 0 Å². The van der Waals surface area contributed by atoms with Crippen molar-refractivity contribution in [1.82, 2.24) is 4.90 Å². The highest BCUT2D eigenvalue weighted by Gasteiger charge is 2.31. The van der Waals surface area contributed by atoms with Crippen molar-refractivity contribution in [2.75, 3.05) is 7.05 Å². The normalized spacial score (nSPS) is 24.1. The number of amides is 2. The molecule has 68 valence electrons. The van der Waals surface area contributed by atoms with Crippen LogP contribution >= 0.6 is 0 Å². The highest BCUT2D eigenvalue weighted by molar-refractivity contribution is 5.96. The van der Waals surface area contributed by atoms with Crippen LogP contribution in [-0.4, -0.2) is 23.8 Å². The molecule has 1 fully saturated rings. The molecule has 0 radical (unpaired) electrons. The van der Waals surface area contributed by atoms with E-state index in [2.05, 4.69) is 0 Å². The maximum atomic E-state index is 11.3. The van der Waals surface area contributed by atoms with E-state index in [4.69, 9.17) is 0 Å². The number of carbonyl (C=O) groups excluding carboxylic acids is 2. The Morgan fingerprint density at radius 2 is 1.83 bits per heavy atom. The van der Waals surface area contributed by atoms with Crippen LogP contribution in [0.4, 0.5) is 0 Å². The summed E-state index contributed by atoms with van der Waals surface area (Å²) in [4.78, 5) is 23.8. The van der Waals surface area contributed by atoms with E-state index < -0.39 is 0 Å². The summed E-state index contributed by atoms with van der Waals surface area (Å²) in [5, 5.41) is 0. The largest absolute Gasteiger partial charge is 0.286 e. The lowest BCUT2D eigenvalue weighted by Crippen LogP contribution is -2.31. The van der Waals surface area contributed by atoms with Gasteiger partial charge < -0.3 is 0 Å². The fourth-order valence-corrected chi connectivity index (χ4v) is 1.37. The van der Waals surface area contributed by atoms with Crippen LogP contribution in [0.15, 0.2) is 0 Å². The van der Waals surface area contributed by atoms with Gasteiger partial charge >= 0.3 is 0 Å². The first-order valence-corrected chi connectivity index (χ1v) is 4.22. The highest BCUT2D eigenvalue weighted by Crippen LogP contribution is 2.30. The van der Waals surface area contributed by atoms with Gasteiger partial charge in [0.25, 0.3) is 0 Å². The monoisotopic (exact) mass is 169 g/mol. The lowest BCUT2D eigenvalue weighted by molar-refractivity contribution is -0.142. The summed E-state index contributed by atoms with van der Waals surface area (Å²) < 4.78 is 0. The van der Waals surface area contributed by atoms with Crippen molar-refractivity contribution in [2.24, 2.45) is 5.41 Å². The number of hydrogen-bond acceptors (Lipinski definition) is 2. The SMILES string of the molecule is CN1C(=O)CCC(C)(C)CC1=O. The van der Waals surface area contributed by atoms with Gasteiger partial charge in [-0.25, -0.2) is 0 Å². The van der Waals surface area contributed by atoms with Gasteiger partial charge in [0.15, 0.2) is 0 Å². The van der Waals surface area contributed by atoms with Crippen LogP contribution in [0.25, 0.3) is 0 Å². The summed E-state index contributed by atoms with van der Waals surface area (Å²) in [6.45, 7) is 4.05. The Hall–Kier alpha value is -0.860. The van der Waals surface area contributed by atoms with Gasteiger partial charge in [-0.05, 0) is 11.8 Å². The molecule has 1 aliphatic rings. The molecule has 0 aromatic heterocycles. The van der Waals surface area contributed by atoms with Crippen molar-refractivity contribution in [3.63, 3.8) is 0 Å². The Balaban J connectivity index is 2.80. The molecule has 1 saturated heterocycles. The molecule has 0 N–H and O–H groups in total. The molecule has 3 heteroatoms. The topological polar surface area (TPSA) is 37.4 Å². The molecule has 0 unspecified atom stereocenters. The van der Waals surface area contributed by atoms with E-state index in [0.29, 0.717) is 12.8 Å². The van der Waals surface area contributed by atoms with Crippen LogP contribution in [-0.2, 0) is 9.59 Å². The van der Waals surface area contributed by atoms with E-state index in [0.717, 1.165) is 6.42 Å². The van der Waals surface area contributed by atoms with Crippen molar-refractivity contribution >= 4 is 11.8 Å². The van der Waals surface area contributed by atoms with Gasteiger partial charge in [0.2, 0.25) is 11.8 Å². The molecule has 2 amide bonds. The van der Waals surface area contributed by atoms with Gasteiger partial charge in [0.05, 0.1) is 0 Å². The second-order valence-electron chi connectivity index (χ2n) is 4.19. The van der Waals surface area contributed by atoms with Crippen LogP contribution in [0.5, 0.6) is 0 Å². The number of likely N-dealkylation sites (tertiary alicyclic amines) is 1. The van der Waals surface area contributed by atoms with Gasteiger partial charge in [0.1, 0.15) is 0 Å². The number of imide groups is 1. The zero-order valence-corrected chi connectivity index (χ0v) is 7.89. The molecule has 0 aliphatic carbocycles. The minimum absolute atomic E-state index is 0.0164. The summed E-state index contributed by atoms with van der Waals surface area (Å²) in [5.41, 5.74) is -0.0164. The van der Waals surface area contributed by atoms with Crippen molar-refractivity contribution in [3.8, 4) is 0 Å². The average molecular weight is 169 g/mol. The number of carbonyl (C=O) groups is 2. The summed E-state index contributed by atoms with van der Waals surface area (Å²) in [7, 11) is 1.56. The fourth-order valence-electron chi connectivity index (χ4n) is 1.37. The van der Waals surface area contributed by atoms with E-state index in [9.17, 15) is 9.59 Å². The molecule has 3 nitrogen and oxygen atoms in total. The zero-order valence-electron chi connectivity index (χ0n) is 7.89. The van der Waals surface area contributed by atoms with Gasteiger partial charge in [-0.1, -0.05) is 13.8 Å². The quantitative estimate of drug-likeness (QED) is 0.511. The lowest BCUT2D eigenvalue weighted by Gasteiger charge is -2.19. The summed E-state index contributed by atoms with van der Waals surface area (Å²) in [6, 6.07) is 0. The third-order valence-electron chi connectivity index (χ3n) is 2.39. The van der Waals surface area contributed by atoms with E-state index in [1.807, 2.05) is 13.8 Å². The number of hydrogen-bond donors (Lipinski definition) is 0. The van der Waals surface area contributed by atoms with Gasteiger partial charge in [-0.3, -0.25) is 14.5 Å². The summed E-state index contributed by atoms with van der Waals surface area (Å²) in [6.07, 6.45) is 1.78. The van der Waals surface area contributed by atoms with Gasteiger partial charge in [-0.2, -0.15) is 0 Å². The van der Waals surface area contributed by atoms with Crippen LogP contribution in [0.3, 0.4) is 0 Å². The van der Waals surface area contributed by atoms with Crippen LogP contribution in [0.1, 0.15) is 33.1 Å². The second kappa shape index (κ2) is 2.88. The third-order valence-corrected chi connectivity index (χ3v) is 2.39. The van der Waals surface area contributed by atoms with Crippen molar-refractivity contribution < 1.29 is 9.59 Å². The Morgan fingerprint density at radius 3 is 2.42 bits per heavy atom. The third kappa shape index (κ3) is 1.84. The molecular weight excluding hydrogens is 154 g/mol. The van der Waals surface area contributed by atoms with Crippen LogP contribution in [0, 0.1) is 5.41 Å².